The van der Waals surface area contributed by atoms with Gasteiger partial charge in [0.1, 0.15) is 6.04 Å². The largest absolute Gasteiger partial charge is 0.480 e. The maximum Gasteiger partial charge on any atom is 0.320 e. The Kier molecular flexibility index (Phi) is 3.46. The maximum atomic E-state index is 10.8. The molecule has 2 aromatic carbocycles. The van der Waals surface area contributed by atoms with Crippen LogP contribution in [-0.2, 0) is 11.2 Å². The summed E-state index contributed by atoms with van der Waals surface area (Å²) < 4.78 is 0. The van der Waals surface area contributed by atoms with Crippen LogP contribution in [-0.4, -0.2) is 22.1 Å². The second-order valence-corrected chi connectivity index (χ2v) is 5.09. The minimum atomic E-state index is -0.976. The Morgan fingerprint density at radius 2 is 1.86 bits per heavy atom. The van der Waals surface area contributed by atoms with Crippen LogP contribution in [0.3, 0.4) is 0 Å². The van der Waals surface area contributed by atoms with Gasteiger partial charge in [-0.1, -0.05) is 42.5 Å². The van der Waals surface area contributed by atoms with E-state index < -0.39 is 12.0 Å². The molecule has 3 aromatic rings. The number of H-pyrrole nitrogens is 1. The SMILES string of the molecule is N[C@@H](Cc1ccc(-c2c[nH]c3ccccc23)cc1)C(=O)O. The minimum Gasteiger partial charge on any atom is -0.480 e. The van der Waals surface area contributed by atoms with Crippen molar-refractivity contribution < 1.29 is 9.90 Å². The summed E-state index contributed by atoms with van der Waals surface area (Å²) in [4.78, 5) is 14.0. The van der Waals surface area contributed by atoms with Crippen LogP contribution in [0.2, 0.25) is 0 Å². The number of carboxylic acids is 1. The summed E-state index contributed by atoms with van der Waals surface area (Å²) in [6.07, 6.45) is 2.33. The molecule has 0 amide bonds. The molecule has 0 unspecified atom stereocenters. The number of carbonyl (C=O) groups is 1. The predicted molar refractivity (Wildman–Crippen MR) is 83.0 cm³/mol. The standard InChI is InChI=1S/C17H16N2O2/c18-15(17(20)21)9-11-5-7-12(8-6-11)14-10-19-16-4-2-1-3-13(14)16/h1-8,10,15,19H,9,18H2,(H,20,21)/t15-/m0/s1. The van der Waals surface area contributed by atoms with Gasteiger partial charge in [0, 0.05) is 22.7 Å². The quantitative estimate of drug-likeness (QED) is 0.687. The lowest BCUT2D eigenvalue weighted by molar-refractivity contribution is -0.138. The van der Waals surface area contributed by atoms with Gasteiger partial charge in [0.15, 0.2) is 0 Å². The van der Waals surface area contributed by atoms with Gasteiger partial charge < -0.3 is 15.8 Å². The second-order valence-electron chi connectivity index (χ2n) is 5.09. The summed E-state index contributed by atoms with van der Waals surface area (Å²) >= 11 is 0. The first kappa shape index (κ1) is 13.4. The van der Waals surface area contributed by atoms with Crippen LogP contribution in [0.4, 0.5) is 0 Å². The fourth-order valence-corrected chi connectivity index (χ4v) is 2.47. The Balaban J connectivity index is 1.89. The van der Waals surface area contributed by atoms with Gasteiger partial charge in [0.05, 0.1) is 0 Å². The predicted octanol–water partition coefficient (Wildman–Crippen LogP) is 2.79. The molecule has 0 radical (unpaired) electrons. The van der Waals surface area contributed by atoms with Crippen LogP contribution in [0.25, 0.3) is 22.0 Å². The number of hydrogen-bond acceptors (Lipinski definition) is 2. The number of benzene rings is 2. The molecule has 0 aliphatic carbocycles. The van der Waals surface area contributed by atoms with Crippen LogP contribution in [0.15, 0.2) is 54.7 Å². The monoisotopic (exact) mass is 280 g/mol. The Hall–Kier alpha value is -2.59. The van der Waals surface area contributed by atoms with Gasteiger partial charge >= 0.3 is 5.97 Å². The normalized spacial score (nSPS) is 12.4. The van der Waals surface area contributed by atoms with E-state index in [1.54, 1.807) is 0 Å². The molecule has 0 aliphatic heterocycles. The number of fused-ring (bicyclic) bond motifs is 1. The van der Waals surface area contributed by atoms with Crippen molar-refractivity contribution in [2.24, 2.45) is 5.73 Å². The van der Waals surface area contributed by atoms with Crippen LogP contribution < -0.4 is 5.73 Å². The molecule has 21 heavy (non-hydrogen) atoms. The number of aromatic amines is 1. The Bertz CT molecular complexity index is 775. The van der Waals surface area contributed by atoms with Crippen molar-refractivity contribution in [1.29, 1.82) is 0 Å². The van der Waals surface area contributed by atoms with E-state index in [4.69, 9.17) is 10.8 Å². The summed E-state index contributed by atoms with van der Waals surface area (Å²) in [5, 5.41) is 10.0. The minimum absolute atomic E-state index is 0.337. The second kappa shape index (κ2) is 5.42. The van der Waals surface area contributed by atoms with Gasteiger partial charge in [-0.25, -0.2) is 0 Å². The number of nitrogens with one attached hydrogen (secondary N) is 1. The van der Waals surface area contributed by atoms with E-state index in [1.807, 2.05) is 48.7 Å². The van der Waals surface area contributed by atoms with Gasteiger partial charge in [-0.3, -0.25) is 4.79 Å². The Morgan fingerprint density at radius 1 is 1.14 bits per heavy atom. The zero-order valence-electron chi connectivity index (χ0n) is 11.4. The molecule has 0 spiro atoms. The topological polar surface area (TPSA) is 79.1 Å². The summed E-state index contributed by atoms with van der Waals surface area (Å²) in [5.41, 5.74) is 9.81. The summed E-state index contributed by atoms with van der Waals surface area (Å²) in [5.74, 6) is -0.976. The lowest BCUT2D eigenvalue weighted by atomic mass is 10.0. The lowest BCUT2D eigenvalue weighted by Crippen LogP contribution is -2.32. The molecule has 0 saturated carbocycles. The van der Waals surface area contributed by atoms with E-state index in [-0.39, 0.29) is 0 Å². The number of carboxylic acid groups (broad SMARTS) is 1. The van der Waals surface area contributed by atoms with Crippen LogP contribution in [0.5, 0.6) is 0 Å². The van der Waals surface area contributed by atoms with Gasteiger partial charge in [-0.15, -0.1) is 0 Å². The average molecular weight is 280 g/mol. The highest BCUT2D eigenvalue weighted by atomic mass is 16.4. The summed E-state index contributed by atoms with van der Waals surface area (Å²) in [6.45, 7) is 0. The van der Waals surface area contributed by atoms with Gasteiger partial charge in [0.2, 0.25) is 0 Å². The Labute approximate surface area is 122 Å². The van der Waals surface area contributed by atoms with Crippen molar-refractivity contribution in [1.82, 2.24) is 4.98 Å². The van der Waals surface area contributed by atoms with Crippen molar-refractivity contribution in [2.75, 3.05) is 0 Å². The number of aromatic nitrogens is 1. The molecule has 0 fully saturated rings. The van der Waals surface area contributed by atoms with E-state index in [1.165, 1.54) is 5.39 Å². The molecule has 4 heteroatoms. The van der Waals surface area contributed by atoms with Gasteiger partial charge in [0.25, 0.3) is 0 Å². The number of hydrogen-bond donors (Lipinski definition) is 3. The molecule has 3 rings (SSSR count). The molecule has 1 heterocycles. The maximum absolute atomic E-state index is 10.8. The molecule has 4 N–H and O–H groups in total. The number of para-hydroxylation sites is 1. The number of nitrogens with two attached hydrogens (primary N) is 1. The highest BCUT2D eigenvalue weighted by Crippen LogP contribution is 2.28. The first-order valence-electron chi connectivity index (χ1n) is 6.79. The molecule has 106 valence electrons. The van der Waals surface area contributed by atoms with Crippen molar-refractivity contribution in [3.8, 4) is 11.1 Å². The van der Waals surface area contributed by atoms with Crippen molar-refractivity contribution in [3.05, 3.63) is 60.3 Å². The first-order valence-corrected chi connectivity index (χ1v) is 6.79. The molecule has 1 aromatic heterocycles. The summed E-state index contributed by atoms with van der Waals surface area (Å²) in [6, 6.07) is 15.1. The molecule has 0 saturated heterocycles. The third-order valence-electron chi connectivity index (χ3n) is 3.63. The first-order chi connectivity index (χ1) is 10.1. The van der Waals surface area contributed by atoms with Gasteiger partial charge in [-0.05, 0) is 23.6 Å². The van der Waals surface area contributed by atoms with Gasteiger partial charge in [-0.2, -0.15) is 0 Å². The molecule has 0 aliphatic rings. The lowest BCUT2D eigenvalue weighted by Gasteiger charge is -2.07. The Morgan fingerprint density at radius 3 is 2.57 bits per heavy atom. The molecule has 0 bridgehead atoms. The van der Waals surface area contributed by atoms with Crippen LogP contribution >= 0.6 is 0 Å². The van der Waals surface area contributed by atoms with Crippen LogP contribution in [0.1, 0.15) is 5.56 Å². The average Bonchev–Trinajstić information content (AvgIpc) is 2.92. The third-order valence-corrected chi connectivity index (χ3v) is 3.63. The molecular weight excluding hydrogens is 264 g/mol. The van der Waals surface area contributed by atoms with E-state index in [2.05, 4.69) is 11.1 Å². The molecular formula is C17H16N2O2. The van der Waals surface area contributed by atoms with E-state index in [9.17, 15) is 4.79 Å². The highest BCUT2D eigenvalue weighted by Gasteiger charge is 2.12. The molecule has 1 atom stereocenters. The molecule has 4 nitrogen and oxygen atoms in total. The fraction of sp³-hybridized carbons (Fsp3) is 0.118. The number of rotatable bonds is 4. The van der Waals surface area contributed by atoms with Crippen molar-refractivity contribution in [2.45, 2.75) is 12.5 Å². The zero-order valence-corrected chi connectivity index (χ0v) is 11.4. The van der Waals surface area contributed by atoms with E-state index in [0.717, 1.165) is 22.2 Å². The van der Waals surface area contributed by atoms with Crippen molar-refractivity contribution in [3.63, 3.8) is 0 Å². The number of aliphatic carboxylic acids is 1. The smallest absolute Gasteiger partial charge is 0.320 e. The highest BCUT2D eigenvalue weighted by molar-refractivity contribution is 5.95. The summed E-state index contributed by atoms with van der Waals surface area (Å²) in [7, 11) is 0. The third kappa shape index (κ3) is 2.66. The van der Waals surface area contributed by atoms with E-state index in [0.29, 0.717) is 6.42 Å². The fourth-order valence-electron chi connectivity index (χ4n) is 2.47. The van der Waals surface area contributed by atoms with Crippen molar-refractivity contribution >= 4 is 16.9 Å². The van der Waals surface area contributed by atoms with E-state index >= 15 is 0 Å². The van der Waals surface area contributed by atoms with Crippen LogP contribution in [0, 0.1) is 0 Å². The zero-order chi connectivity index (χ0) is 14.8.